The number of aromatic nitrogens is 2. The number of rotatable bonds is 2. The van der Waals surface area contributed by atoms with E-state index in [2.05, 4.69) is 4.98 Å². The molecule has 2 aromatic heterocycles. The summed E-state index contributed by atoms with van der Waals surface area (Å²) in [5.74, 6) is 0. The van der Waals surface area contributed by atoms with Crippen LogP contribution in [0.2, 0.25) is 5.02 Å². The molecule has 1 atom stereocenters. The summed E-state index contributed by atoms with van der Waals surface area (Å²) in [5, 5.41) is 10.3. The SMILES string of the molecule is CCn1cc(Cl)c2cncc(C(N)C#N)c21. The minimum atomic E-state index is -0.674. The Kier molecular flexibility index (Phi) is 2.82. The Hall–Kier alpha value is -1.57. The summed E-state index contributed by atoms with van der Waals surface area (Å²) in [6.07, 6.45) is 5.15. The lowest BCUT2D eigenvalue weighted by molar-refractivity contribution is 0.786. The van der Waals surface area contributed by atoms with E-state index in [1.807, 2.05) is 23.8 Å². The molecule has 0 aliphatic carbocycles. The molecule has 2 heterocycles. The molecule has 0 fully saturated rings. The number of fused-ring (bicyclic) bond motifs is 1. The third-order valence-electron chi connectivity index (χ3n) is 2.57. The predicted octanol–water partition coefficient (Wildman–Crippen LogP) is 2.23. The Morgan fingerprint density at radius 1 is 1.62 bits per heavy atom. The molecule has 4 nitrogen and oxygen atoms in total. The van der Waals surface area contributed by atoms with Crippen LogP contribution in [0.15, 0.2) is 18.6 Å². The number of nitrogens with zero attached hydrogens (tertiary/aromatic N) is 3. The predicted molar refractivity (Wildman–Crippen MR) is 63.0 cm³/mol. The molecule has 2 N–H and O–H groups in total. The fourth-order valence-corrected chi connectivity index (χ4v) is 2.04. The zero-order valence-corrected chi connectivity index (χ0v) is 9.57. The number of hydrogen-bond acceptors (Lipinski definition) is 3. The first kappa shape index (κ1) is 10.9. The molecule has 0 aliphatic heterocycles. The normalized spacial score (nSPS) is 12.6. The van der Waals surface area contributed by atoms with Gasteiger partial charge in [-0.25, -0.2) is 0 Å². The van der Waals surface area contributed by atoms with Gasteiger partial charge in [-0.1, -0.05) is 11.6 Å². The van der Waals surface area contributed by atoms with Gasteiger partial charge in [-0.2, -0.15) is 5.26 Å². The Bertz CT molecular complexity index is 567. The van der Waals surface area contributed by atoms with E-state index in [-0.39, 0.29) is 0 Å². The molecule has 16 heavy (non-hydrogen) atoms. The molecule has 82 valence electrons. The highest BCUT2D eigenvalue weighted by Crippen LogP contribution is 2.29. The number of pyridine rings is 1. The van der Waals surface area contributed by atoms with Crippen LogP contribution in [0.3, 0.4) is 0 Å². The van der Waals surface area contributed by atoms with Gasteiger partial charge in [0, 0.05) is 36.1 Å². The molecular weight excluding hydrogens is 224 g/mol. The molecule has 0 bridgehead atoms. The molecule has 0 aliphatic rings. The van der Waals surface area contributed by atoms with Crippen LogP contribution in [-0.4, -0.2) is 9.55 Å². The summed E-state index contributed by atoms with van der Waals surface area (Å²) in [6.45, 7) is 2.79. The monoisotopic (exact) mass is 234 g/mol. The van der Waals surface area contributed by atoms with Crippen LogP contribution in [-0.2, 0) is 6.54 Å². The fraction of sp³-hybridized carbons (Fsp3) is 0.273. The zero-order chi connectivity index (χ0) is 11.7. The molecule has 1 unspecified atom stereocenters. The second-order valence-corrected chi connectivity index (χ2v) is 3.90. The highest BCUT2D eigenvalue weighted by atomic mass is 35.5. The van der Waals surface area contributed by atoms with Crippen LogP contribution >= 0.6 is 11.6 Å². The van der Waals surface area contributed by atoms with Gasteiger partial charge in [-0.15, -0.1) is 0 Å². The molecule has 2 aromatic rings. The number of hydrogen-bond donors (Lipinski definition) is 1. The van der Waals surface area contributed by atoms with Crippen LogP contribution in [0, 0.1) is 11.3 Å². The van der Waals surface area contributed by atoms with E-state index >= 15 is 0 Å². The Balaban J connectivity index is 2.80. The largest absolute Gasteiger partial charge is 0.346 e. The molecule has 5 heteroatoms. The van der Waals surface area contributed by atoms with Crippen molar-refractivity contribution in [1.29, 1.82) is 5.26 Å². The molecule has 0 saturated carbocycles. The third-order valence-corrected chi connectivity index (χ3v) is 2.88. The first-order chi connectivity index (χ1) is 7.69. The second kappa shape index (κ2) is 4.12. The van der Waals surface area contributed by atoms with Crippen molar-refractivity contribution in [1.82, 2.24) is 9.55 Å². The van der Waals surface area contributed by atoms with Crippen molar-refractivity contribution in [2.45, 2.75) is 19.5 Å². The number of nitrogens with two attached hydrogens (primary N) is 1. The van der Waals surface area contributed by atoms with Crippen molar-refractivity contribution in [3.63, 3.8) is 0 Å². The summed E-state index contributed by atoms with van der Waals surface area (Å²) >= 11 is 6.09. The highest BCUT2D eigenvalue weighted by Gasteiger charge is 2.15. The van der Waals surface area contributed by atoms with Gasteiger partial charge in [0.25, 0.3) is 0 Å². The molecular formula is C11H11ClN4. The summed E-state index contributed by atoms with van der Waals surface area (Å²) in [7, 11) is 0. The van der Waals surface area contributed by atoms with E-state index in [1.165, 1.54) is 0 Å². The smallest absolute Gasteiger partial charge is 0.122 e. The van der Waals surface area contributed by atoms with Gasteiger partial charge >= 0.3 is 0 Å². The Labute approximate surface area is 98.2 Å². The van der Waals surface area contributed by atoms with Gasteiger partial charge in [0.2, 0.25) is 0 Å². The summed E-state index contributed by atoms with van der Waals surface area (Å²) in [4.78, 5) is 4.06. The van der Waals surface area contributed by atoms with Gasteiger partial charge in [-0.3, -0.25) is 4.98 Å². The average Bonchev–Trinajstić information content (AvgIpc) is 2.65. The zero-order valence-electron chi connectivity index (χ0n) is 8.81. The quantitative estimate of drug-likeness (QED) is 0.867. The van der Waals surface area contributed by atoms with E-state index < -0.39 is 6.04 Å². The third kappa shape index (κ3) is 1.54. The van der Waals surface area contributed by atoms with Crippen molar-refractivity contribution >= 4 is 22.5 Å². The Morgan fingerprint density at radius 3 is 3.00 bits per heavy atom. The topological polar surface area (TPSA) is 67.6 Å². The van der Waals surface area contributed by atoms with Crippen LogP contribution < -0.4 is 5.73 Å². The van der Waals surface area contributed by atoms with Crippen molar-refractivity contribution in [3.8, 4) is 6.07 Å². The maximum Gasteiger partial charge on any atom is 0.122 e. The number of halogens is 1. The maximum absolute atomic E-state index is 8.87. The Morgan fingerprint density at radius 2 is 2.38 bits per heavy atom. The second-order valence-electron chi connectivity index (χ2n) is 3.49. The van der Waals surface area contributed by atoms with Gasteiger partial charge in [-0.05, 0) is 6.92 Å². The molecule has 0 amide bonds. The molecule has 0 radical (unpaired) electrons. The van der Waals surface area contributed by atoms with Crippen LogP contribution in [0.1, 0.15) is 18.5 Å². The molecule has 2 rings (SSSR count). The van der Waals surface area contributed by atoms with E-state index in [0.29, 0.717) is 10.6 Å². The van der Waals surface area contributed by atoms with Gasteiger partial charge in [0.15, 0.2) is 0 Å². The standard InChI is InChI=1S/C11H11ClN4/c1-2-16-6-9(12)7-4-15-5-8(11(7)16)10(14)3-13/h4-6,10H,2,14H2,1H3. The van der Waals surface area contributed by atoms with Crippen LogP contribution in [0.25, 0.3) is 10.9 Å². The highest BCUT2D eigenvalue weighted by molar-refractivity contribution is 6.35. The average molecular weight is 235 g/mol. The van der Waals surface area contributed by atoms with E-state index in [9.17, 15) is 0 Å². The van der Waals surface area contributed by atoms with Crippen molar-refractivity contribution in [2.75, 3.05) is 0 Å². The summed E-state index contributed by atoms with van der Waals surface area (Å²) < 4.78 is 1.98. The lowest BCUT2D eigenvalue weighted by atomic mass is 10.1. The lowest BCUT2D eigenvalue weighted by Crippen LogP contribution is -2.09. The lowest BCUT2D eigenvalue weighted by Gasteiger charge is -2.08. The van der Waals surface area contributed by atoms with E-state index in [4.69, 9.17) is 22.6 Å². The van der Waals surface area contributed by atoms with Crippen molar-refractivity contribution in [3.05, 3.63) is 29.2 Å². The van der Waals surface area contributed by atoms with Crippen LogP contribution in [0.4, 0.5) is 0 Å². The molecule has 0 spiro atoms. The number of aryl methyl sites for hydroxylation is 1. The number of nitriles is 1. The minimum absolute atomic E-state index is 0.635. The minimum Gasteiger partial charge on any atom is -0.346 e. The van der Waals surface area contributed by atoms with Gasteiger partial charge in [0.1, 0.15) is 6.04 Å². The van der Waals surface area contributed by atoms with E-state index in [1.54, 1.807) is 12.4 Å². The molecule has 0 saturated heterocycles. The first-order valence-electron chi connectivity index (χ1n) is 4.96. The summed E-state index contributed by atoms with van der Waals surface area (Å²) in [6, 6.07) is 1.34. The molecule has 0 aromatic carbocycles. The fourth-order valence-electron chi connectivity index (χ4n) is 1.78. The van der Waals surface area contributed by atoms with Gasteiger partial charge < -0.3 is 10.3 Å². The van der Waals surface area contributed by atoms with Gasteiger partial charge in [0.05, 0.1) is 16.6 Å². The van der Waals surface area contributed by atoms with Crippen LogP contribution in [0.5, 0.6) is 0 Å². The van der Waals surface area contributed by atoms with Crippen molar-refractivity contribution < 1.29 is 0 Å². The summed E-state index contributed by atoms with van der Waals surface area (Å²) in [5.41, 5.74) is 7.35. The first-order valence-corrected chi connectivity index (χ1v) is 5.34. The van der Waals surface area contributed by atoms with Crippen molar-refractivity contribution in [2.24, 2.45) is 5.73 Å². The maximum atomic E-state index is 8.87. The van der Waals surface area contributed by atoms with E-state index in [0.717, 1.165) is 17.4 Å².